The zero-order valence-corrected chi connectivity index (χ0v) is 14.4. The van der Waals surface area contributed by atoms with E-state index in [-0.39, 0.29) is 0 Å². The second-order valence-electron chi connectivity index (χ2n) is 7.73. The quantitative estimate of drug-likeness (QED) is 0.614. The molecule has 0 aromatic heterocycles. The van der Waals surface area contributed by atoms with Crippen molar-refractivity contribution in [2.45, 2.75) is 57.6 Å². The van der Waals surface area contributed by atoms with Crippen LogP contribution in [0, 0.1) is 17.3 Å². The van der Waals surface area contributed by atoms with Crippen molar-refractivity contribution in [1.29, 1.82) is 0 Å². The van der Waals surface area contributed by atoms with Gasteiger partial charge in [-0.2, -0.15) is 0 Å². The molecule has 2 aliphatic heterocycles. The van der Waals surface area contributed by atoms with Crippen LogP contribution in [-0.2, 0) is 9.47 Å². The fourth-order valence-electron chi connectivity index (χ4n) is 5.07. The van der Waals surface area contributed by atoms with Crippen molar-refractivity contribution < 1.29 is 9.47 Å². The van der Waals surface area contributed by atoms with E-state index in [0.29, 0.717) is 29.4 Å². The smallest absolute Gasteiger partial charge is 0.191 e. The van der Waals surface area contributed by atoms with Gasteiger partial charge in [-0.05, 0) is 44.9 Å². The predicted octanol–water partition coefficient (Wildman–Crippen LogP) is 1.93. The van der Waals surface area contributed by atoms with Crippen molar-refractivity contribution in [2.24, 2.45) is 22.2 Å². The molecule has 3 atom stereocenters. The van der Waals surface area contributed by atoms with Crippen LogP contribution >= 0.6 is 0 Å². The summed E-state index contributed by atoms with van der Waals surface area (Å²) in [6.45, 7) is 6.74. The highest BCUT2D eigenvalue weighted by Crippen LogP contribution is 2.62. The molecule has 0 radical (unpaired) electrons. The second kappa shape index (κ2) is 6.60. The molecule has 2 saturated carbocycles. The normalized spacial score (nSPS) is 36.2. The van der Waals surface area contributed by atoms with Crippen LogP contribution in [0.15, 0.2) is 4.99 Å². The Morgan fingerprint density at radius 3 is 2.70 bits per heavy atom. The monoisotopic (exact) mass is 321 g/mol. The highest BCUT2D eigenvalue weighted by Gasteiger charge is 2.66. The molecule has 0 aromatic rings. The third-order valence-corrected chi connectivity index (χ3v) is 6.52. The number of hydrogen-bond donors (Lipinski definition) is 2. The van der Waals surface area contributed by atoms with Crippen LogP contribution in [0.25, 0.3) is 0 Å². The molecule has 4 rings (SSSR count). The number of guanidine groups is 1. The molecule has 1 spiro atoms. The zero-order valence-electron chi connectivity index (χ0n) is 14.4. The van der Waals surface area contributed by atoms with Crippen molar-refractivity contribution in [3.63, 3.8) is 0 Å². The molecule has 5 heteroatoms. The lowest BCUT2D eigenvalue weighted by molar-refractivity contribution is -0.171. The fourth-order valence-corrected chi connectivity index (χ4v) is 5.07. The first-order valence-corrected chi connectivity index (χ1v) is 9.58. The Kier molecular flexibility index (Phi) is 4.50. The van der Waals surface area contributed by atoms with Crippen LogP contribution in [0.1, 0.15) is 45.4 Å². The Morgan fingerprint density at radius 1 is 1.17 bits per heavy atom. The molecule has 23 heavy (non-hydrogen) atoms. The maximum Gasteiger partial charge on any atom is 0.191 e. The summed E-state index contributed by atoms with van der Waals surface area (Å²) in [5.74, 6) is 2.39. The lowest BCUT2D eigenvalue weighted by atomic mass is 9.46. The summed E-state index contributed by atoms with van der Waals surface area (Å²) in [4.78, 5) is 4.90. The summed E-state index contributed by atoms with van der Waals surface area (Å²) in [5.41, 5.74) is 0.413. The maximum atomic E-state index is 6.02. The number of fused-ring (bicyclic) bond motifs is 2. The van der Waals surface area contributed by atoms with Crippen molar-refractivity contribution in [3.8, 4) is 0 Å². The molecule has 0 amide bonds. The minimum Gasteiger partial charge on any atom is -0.381 e. The number of ether oxygens (including phenoxy) is 2. The van der Waals surface area contributed by atoms with Gasteiger partial charge in [0.15, 0.2) is 5.96 Å². The van der Waals surface area contributed by atoms with Gasteiger partial charge >= 0.3 is 0 Å². The summed E-state index contributed by atoms with van der Waals surface area (Å²) >= 11 is 0. The molecule has 0 aromatic carbocycles. The van der Waals surface area contributed by atoms with Crippen molar-refractivity contribution in [3.05, 3.63) is 0 Å². The molecule has 5 nitrogen and oxygen atoms in total. The summed E-state index contributed by atoms with van der Waals surface area (Å²) in [6, 6.07) is 0.566. The first-order chi connectivity index (χ1) is 11.3. The third-order valence-electron chi connectivity index (χ3n) is 6.52. The van der Waals surface area contributed by atoms with Gasteiger partial charge in [0.05, 0.1) is 6.10 Å². The average molecular weight is 321 g/mol. The largest absolute Gasteiger partial charge is 0.381 e. The van der Waals surface area contributed by atoms with Crippen molar-refractivity contribution in [1.82, 2.24) is 10.6 Å². The van der Waals surface area contributed by atoms with E-state index < -0.39 is 0 Å². The lowest BCUT2D eigenvalue weighted by Gasteiger charge is -2.63. The molecule has 130 valence electrons. The van der Waals surface area contributed by atoms with E-state index >= 15 is 0 Å². The molecule has 2 saturated heterocycles. The van der Waals surface area contributed by atoms with Gasteiger partial charge in [-0.15, -0.1) is 0 Å². The molecule has 4 aliphatic rings. The van der Waals surface area contributed by atoms with Gasteiger partial charge < -0.3 is 20.1 Å². The van der Waals surface area contributed by atoms with Gasteiger partial charge in [0.1, 0.15) is 0 Å². The van der Waals surface area contributed by atoms with Crippen molar-refractivity contribution in [2.75, 3.05) is 32.9 Å². The number of nitrogens with one attached hydrogen (secondary N) is 2. The molecule has 3 unspecified atom stereocenters. The van der Waals surface area contributed by atoms with Crippen LogP contribution in [-0.4, -0.2) is 51.0 Å². The minimum atomic E-state index is 0.413. The van der Waals surface area contributed by atoms with E-state index in [1.807, 2.05) is 0 Å². The van der Waals surface area contributed by atoms with Crippen LogP contribution in [0.5, 0.6) is 0 Å². The first-order valence-electron chi connectivity index (χ1n) is 9.58. The van der Waals surface area contributed by atoms with Gasteiger partial charge in [0.2, 0.25) is 0 Å². The molecule has 2 heterocycles. The lowest BCUT2D eigenvalue weighted by Crippen LogP contribution is -2.72. The fraction of sp³-hybridized carbons (Fsp3) is 0.944. The van der Waals surface area contributed by atoms with Crippen LogP contribution in [0.3, 0.4) is 0 Å². The number of hydrogen-bond acceptors (Lipinski definition) is 3. The van der Waals surface area contributed by atoms with Gasteiger partial charge in [-0.3, -0.25) is 4.99 Å². The topological polar surface area (TPSA) is 54.9 Å². The Balaban J connectivity index is 1.39. The van der Waals surface area contributed by atoms with Gasteiger partial charge in [0.25, 0.3) is 0 Å². The van der Waals surface area contributed by atoms with Gasteiger partial charge in [-0.1, -0.05) is 6.42 Å². The Bertz CT molecular complexity index is 444. The number of rotatable bonds is 4. The molecule has 4 fully saturated rings. The van der Waals surface area contributed by atoms with E-state index in [1.54, 1.807) is 0 Å². The number of nitrogens with zero attached hydrogens (tertiary/aromatic N) is 1. The Morgan fingerprint density at radius 2 is 2.00 bits per heavy atom. The van der Waals surface area contributed by atoms with E-state index in [0.717, 1.165) is 51.7 Å². The molecular weight excluding hydrogens is 290 g/mol. The molecule has 2 aliphatic carbocycles. The highest BCUT2D eigenvalue weighted by atomic mass is 16.5. The van der Waals surface area contributed by atoms with Crippen molar-refractivity contribution >= 4 is 5.96 Å². The van der Waals surface area contributed by atoms with Crippen LogP contribution in [0.4, 0.5) is 0 Å². The SMILES string of the molecule is CCNC(=NCC1CCOCC1)NC1C2CCOC2C12CCC2. The van der Waals surface area contributed by atoms with E-state index in [4.69, 9.17) is 14.5 Å². The van der Waals surface area contributed by atoms with Gasteiger partial charge in [-0.25, -0.2) is 0 Å². The van der Waals surface area contributed by atoms with E-state index in [2.05, 4.69) is 17.6 Å². The summed E-state index contributed by atoms with van der Waals surface area (Å²) < 4.78 is 11.5. The first kappa shape index (κ1) is 15.7. The highest BCUT2D eigenvalue weighted by molar-refractivity contribution is 5.80. The third kappa shape index (κ3) is 2.76. The minimum absolute atomic E-state index is 0.413. The Labute approximate surface area is 139 Å². The number of aliphatic imine (C=N–C) groups is 1. The zero-order chi connectivity index (χ0) is 15.7. The molecule has 2 N–H and O–H groups in total. The second-order valence-corrected chi connectivity index (χ2v) is 7.73. The van der Waals surface area contributed by atoms with Crippen LogP contribution < -0.4 is 10.6 Å². The standard InChI is InChI=1S/C18H31N3O2/c1-2-19-17(20-12-13-4-9-22-10-5-13)21-15-14-6-11-23-16(14)18(15)7-3-8-18/h13-16H,2-12H2,1H3,(H2,19,20,21). The average Bonchev–Trinajstić information content (AvgIpc) is 2.94. The molecular formula is C18H31N3O2. The maximum absolute atomic E-state index is 6.02. The predicted molar refractivity (Wildman–Crippen MR) is 90.6 cm³/mol. The van der Waals surface area contributed by atoms with Crippen LogP contribution in [0.2, 0.25) is 0 Å². The van der Waals surface area contributed by atoms with E-state index in [1.165, 1.54) is 25.7 Å². The summed E-state index contributed by atoms with van der Waals surface area (Å²) in [6.07, 6.45) is 8.04. The van der Waals surface area contributed by atoms with Gasteiger partial charge in [0, 0.05) is 50.3 Å². The van der Waals surface area contributed by atoms with E-state index in [9.17, 15) is 0 Å². The molecule has 0 bridgehead atoms. The summed E-state index contributed by atoms with van der Waals surface area (Å²) in [5, 5.41) is 7.24. The summed E-state index contributed by atoms with van der Waals surface area (Å²) in [7, 11) is 0. The Hall–Kier alpha value is -0.810.